The predicted octanol–water partition coefficient (Wildman–Crippen LogP) is 15.5. The van der Waals surface area contributed by atoms with Gasteiger partial charge in [-0.2, -0.15) is 0 Å². The number of ether oxygens (including phenoxy) is 2. The Bertz CT molecular complexity index is 1830. The summed E-state index contributed by atoms with van der Waals surface area (Å²) in [7, 11) is -3.98. The van der Waals surface area contributed by atoms with Gasteiger partial charge in [-0.25, -0.2) is 8.42 Å². The number of halogens is 14. The highest BCUT2D eigenvalue weighted by Gasteiger charge is 2.28. The molecule has 0 radical (unpaired) electrons. The fourth-order valence-electron chi connectivity index (χ4n) is 4.60. The maximum Gasteiger partial charge on any atom is 0.206 e. The fraction of sp³-hybridized carbons (Fsp3) is 0.333. The molecule has 0 aliphatic rings. The third kappa shape index (κ3) is 10.6. The van der Waals surface area contributed by atoms with Crippen molar-refractivity contribution >= 4 is 254 Å². The molecule has 49 heavy (non-hydrogen) atoms. The molecule has 0 saturated carbocycles. The van der Waals surface area contributed by atoms with Crippen molar-refractivity contribution in [1.29, 1.82) is 0 Å². The second-order valence-electron chi connectivity index (χ2n) is 10.4. The number of rotatable bonds is 14. The summed E-state index contributed by atoms with van der Waals surface area (Å²) < 4.78 is 45.3. The van der Waals surface area contributed by atoms with Crippen LogP contribution in [0.3, 0.4) is 0 Å². The van der Waals surface area contributed by atoms with Crippen LogP contribution in [-0.2, 0) is 9.84 Å². The molecule has 0 N–H and O–H groups in total. The highest BCUT2D eigenvalue weighted by Crippen LogP contribution is 2.47. The van der Waals surface area contributed by atoms with E-state index in [0.717, 1.165) is 39.3 Å². The first-order valence-electron chi connectivity index (χ1n) is 13.6. The minimum absolute atomic E-state index is 0.0187. The van der Waals surface area contributed by atoms with E-state index in [1.165, 1.54) is 0 Å². The lowest BCUT2D eigenvalue weighted by Crippen LogP contribution is -2.30. The van der Waals surface area contributed by atoms with Crippen molar-refractivity contribution in [2.24, 2.45) is 0 Å². The molecule has 19 heteroatoms. The Hall–Kier alpha value is 3.67. The van der Waals surface area contributed by atoms with Gasteiger partial charge in [0.05, 0.1) is 28.4 Å². The quantitative estimate of drug-likeness (QED) is 0.118. The van der Waals surface area contributed by atoms with Gasteiger partial charge in [-0.05, 0) is 143 Å². The molecule has 6 unspecified atom stereocenters. The van der Waals surface area contributed by atoms with Crippen molar-refractivity contribution in [3.8, 4) is 11.5 Å². The molecule has 0 aromatic heterocycles. The van der Waals surface area contributed by atoms with Crippen LogP contribution in [-0.4, -0.2) is 61.3 Å². The highest BCUT2D eigenvalue weighted by molar-refractivity contribution is 9.15. The second-order valence-corrected chi connectivity index (χ2v) is 25.5. The summed E-state index contributed by atoms with van der Waals surface area (Å²) in [5, 5.41) is 4.37. The lowest BCUT2D eigenvalue weighted by molar-refractivity contribution is 0.319. The molecule has 0 aliphatic heterocycles. The first-order chi connectivity index (χ1) is 22.9. The van der Waals surface area contributed by atoms with Crippen LogP contribution in [0.5, 0.6) is 11.5 Å². The zero-order valence-electron chi connectivity index (χ0n) is 24.1. The maximum absolute atomic E-state index is 14.3. The molecule has 4 nitrogen and oxygen atoms in total. The summed E-state index contributed by atoms with van der Waals surface area (Å²) in [6.45, 7) is 0.704. The number of fused-ring (bicyclic) bond motifs is 2. The van der Waals surface area contributed by atoms with Crippen molar-refractivity contribution < 1.29 is 17.9 Å². The Morgan fingerprint density at radius 2 is 0.857 bits per heavy atom. The topological polar surface area (TPSA) is 52.6 Å². The van der Waals surface area contributed by atoms with Gasteiger partial charge in [-0.3, -0.25) is 0 Å². The molecule has 0 bridgehead atoms. The Labute approximate surface area is 402 Å². The smallest absolute Gasteiger partial charge is 0.206 e. The number of alkyl halides is 8. The Morgan fingerprint density at radius 1 is 0.510 bits per heavy atom. The molecule has 0 fully saturated rings. The first kappa shape index (κ1) is 45.4. The van der Waals surface area contributed by atoms with Crippen molar-refractivity contribution in [3.63, 3.8) is 0 Å². The number of hydrogen-bond donors (Lipinski definition) is 0. The summed E-state index contributed by atoms with van der Waals surface area (Å²) in [5.74, 6) is 1.17. The monoisotopic (exact) mass is 1580 g/mol. The van der Waals surface area contributed by atoms with Gasteiger partial charge in [-0.15, -0.1) is 0 Å². The van der Waals surface area contributed by atoms with E-state index >= 15 is 0 Å². The van der Waals surface area contributed by atoms with Crippen molar-refractivity contribution in [2.75, 3.05) is 23.9 Å². The van der Waals surface area contributed by atoms with Gasteiger partial charge in [-0.1, -0.05) is 127 Å². The zero-order valence-corrected chi connectivity index (χ0v) is 47.1. The van der Waals surface area contributed by atoms with Crippen LogP contribution in [0.15, 0.2) is 73.0 Å². The molecular formula is C30H20Br14O4S. The molecule has 0 heterocycles. The Kier molecular flexibility index (Phi) is 18.4. The van der Waals surface area contributed by atoms with Crippen molar-refractivity contribution in [3.05, 3.63) is 63.2 Å². The molecule has 0 spiro atoms. The van der Waals surface area contributed by atoms with Gasteiger partial charge in [0.2, 0.25) is 9.84 Å². The van der Waals surface area contributed by atoms with E-state index in [9.17, 15) is 8.42 Å². The van der Waals surface area contributed by atoms with E-state index in [2.05, 4.69) is 223 Å². The molecular weight excluding hydrogens is 1580 g/mol. The van der Waals surface area contributed by atoms with Gasteiger partial charge >= 0.3 is 0 Å². The Morgan fingerprint density at radius 3 is 1.18 bits per heavy atom. The molecule has 268 valence electrons. The summed E-state index contributed by atoms with van der Waals surface area (Å²) in [4.78, 5) is 0.758. The predicted molar refractivity (Wildman–Crippen MR) is 254 cm³/mol. The second kappa shape index (κ2) is 19.9. The van der Waals surface area contributed by atoms with E-state index < -0.39 is 9.84 Å². The van der Waals surface area contributed by atoms with Crippen LogP contribution in [0, 0.1) is 0 Å². The summed E-state index contributed by atoms with van der Waals surface area (Å²) in [5.41, 5.74) is 0. The fourth-order valence-corrected chi connectivity index (χ4v) is 14.3. The van der Waals surface area contributed by atoms with Gasteiger partial charge in [0.25, 0.3) is 0 Å². The molecule has 6 atom stereocenters. The van der Waals surface area contributed by atoms with Crippen molar-refractivity contribution in [2.45, 2.75) is 38.8 Å². The van der Waals surface area contributed by atoms with Gasteiger partial charge in [0, 0.05) is 58.6 Å². The van der Waals surface area contributed by atoms with Crippen LogP contribution >= 0.6 is 223 Å². The van der Waals surface area contributed by atoms with Gasteiger partial charge in [0.15, 0.2) is 0 Å². The minimum Gasteiger partial charge on any atom is -0.490 e. The lowest BCUT2D eigenvalue weighted by Gasteiger charge is -2.22. The van der Waals surface area contributed by atoms with Gasteiger partial charge < -0.3 is 9.47 Å². The summed E-state index contributed by atoms with van der Waals surface area (Å²) in [6, 6.07) is 10.3. The van der Waals surface area contributed by atoms with E-state index in [1.54, 1.807) is 24.3 Å². The zero-order chi connectivity index (χ0) is 36.5. The SMILES string of the molecule is O=S(=O)(c1cc(Br)c2c(OCC(Br)C(Br)C(Br)CBr)c(Br)c(Br)cc2c1)c1cc(Br)c2c(OCC(Br)C(Br)C(Br)CBr)c(Br)c(Br)cc2c1. The van der Waals surface area contributed by atoms with E-state index in [-0.39, 0.29) is 38.8 Å². The first-order valence-corrected chi connectivity index (χ1v) is 27.6. The highest BCUT2D eigenvalue weighted by atomic mass is 79.9. The lowest BCUT2D eigenvalue weighted by atomic mass is 10.1. The normalized spacial score (nSPS) is 16.0. The summed E-state index contributed by atoms with van der Waals surface area (Å²) in [6.07, 6.45) is 0. The molecule has 0 amide bonds. The molecule has 4 rings (SSSR count). The summed E-state index contributed by atoms with van der Waals surface area (Å²) >= 11 is 51.1. The standard InChI is InChI=1S/C30H20Br14O4S/c31-7-19(37)25(41)21(39)9-47-29-23-11(3-17(35)27(29)43)1-13(5-15(23)33)49(45,46)14-2-12-4-18(36)28(44)30(24(12)16(34)6-14)48-10-22(40)26(42)20(38)8-32/h1-6,19-22,25-26H,7-10H2. The maximum atomic E-state index is 14.3. The average Bonchev–Trinajstić information content (AvgIpc) is 3.06. The molecule has 0 saturated heterocycles. The number of sulfone groups is 1. The number of benzene rings is 4. The van der Waals surface area contributed by atoms with Crippen LogP contribution in [0.25, 0.3) is 21.5 Å². The van der Waals surface area contributed by atoms with Crippen LogP contribution < -0.4 is 9.47 Å². The molecule has 0 aliphatic carbocycles. The van der Waals surface area contributed by atoms with E-state index in [1.807, 2.05) is 12.1 Å². The average molecular weight is 1600 g/mol. The van der Waals surface area contributed by atoms with Crippen LogP contribution in [0.1, 0.15) is 0 Å². The van der Waals surface area contributed by atoms with E-state index in [4.69, 9.17) is 9.47 Å². The van der Waals surface area contributed by atoms with E-state index in [0.29, 0.717) is 44.4 Å². The largest absolute Gasteiger partial charge is 0.490 e. The van der Waals surface area contributed by atoms with Gasteiger partial charge in [0.1, 0.15) is 24.7 Å². The third-order valence-corrected chi connectivity index (χ3v) is 25.9. The Balaban J connectivity index is 1.75. The third-order valence-electron chi connectivity index (χ3n) is 7.10. The molecule has 4 aromatic rings. The van der Waals surface area contributed by atoms with Crippen LogP contribution in [0.4, 0.5) is 0 Å². The minimum atomic E-state index is -3.98. The number of hydrogen-bond acceptors (Lipinski definition) is 4. The van der Waals surface area contributed by atoms with Crippen LogP contribution in [0.2, 0.25) is 0 Å². The molecule has 4 aromatic carbocycles. The van der Waals surface area contributed by atoms with Crippen molar-refractivity contribution in [1.82, 2.24) is 0 Å².